The highest BCUT2D eigenvalue weighted by Gasteiger charge is 2.26. The van der Waals surface area contributed by atoms with Gasteiger partial charge >= 0.3 is 0 Å². The second-order valence-corrected chi connectivity index (χ2v) is 12.6. The summed E-state index contributed by atoms with van der Waals surface area (Å²) in [5, 5.41) is 13.8. The number of likely N-dealkylation sites (tertiary alicyclic amines) is 1. The van der Waals surface area contributed by atoms with Crippen LogP contribution in [0, 0.1) is 11.7 Å². The molecule has 1 saturated carbocycles. The topological polar surface area (TPSA) is 82.5 Å². The predicted molar refractivity (Wildman–Crippen MR) is 149 cm³/mol. The van der Waals surface area contributed by atoms with Crippen molar-refractivity contribution < 1.29 is 17.9 Å². The molecule has 2 fully saturated rings. The molecule has 6 nitrogen and oxygen atoms in total. The highest BCUT2D eigenvalue weighted by Crippen LogP contribution is 2.37. The number of phenols is 1. The van der Waals surface area contributed by atoms with Gasteiger partial charge in [-0.3, -0.25) is 4.98 Å². The van der Waals surface area contributed by atoms with Gasteiger partial charge in [-0.05, 0) is 92.9 Å². The Morgan fingerprint density at radius 2 is 1.81 bits per heavy atom. The van der Waals surface area contributed by atoms with Gasteiger partial charge in [0.1, 0.15) is 4.90 Å². The summed E-state index contributed by atoms with van der Waals surface area (Å²) in [6, 6.07) is 8.24. The number of halogens is 3. The fourth-order valence-corrected chi connectivity index (χ4v) is 6.53. The number of aromatic hydroxyl groups is 1. The molecule has 10 heteroatoms. The van der Waals surface area contributed by atoms with E-state index in [1.54, 1.807) is 18.2 Å². The van der Waals surface area contributed by atoms with E-state index in [0.717, 1.165) is 32.2 Å². The van der Waals surface area contributed by atoms with Crippen molar-refractivity contribution >= 4 is 50.4 Å². The molecular formula is C27H32Cl2FN3O3S. The van der Waals surface area contributed by atoms with Gasteiger partial charge in [0.05, 0.1) is 16.2 Å². The summed E-state index contributed by atoms with van der Waals surface area (Å²) in [6.45, 7) is 3.57. The Morgan fingerprint density at radius 1 is 1.11 bits per heavy atom. The first-order valence-electron chi connectivity index (χ1n) is 12.5. The molecule has 0 atom stereocenters. The summed E-state index contributed by atoms with van der Waals surface area (Å²) in [7, 11) is -3.54. The molecule has 2 aliphatic rings. The number of rotatable bonds is 6. The summed E-state index contributed by atoms with van der Waals surface area (Å²) >= 11 is 6.00. The standard InChI is InChI=1S/C27H31ClFN3O3S.ClH/c1-36(34,35)25-15-30-24-9-6-18(19-13-22(28)27(33)23(29)14-19)12-21(24)26(25)31-20-7-4-17(5-8-20)16-32-10-2-3-11-32;/h6,9,12-15,17,20,33H,2-5,7-8,10-11,16H2,1H3,(H,30,31);1H/t17-,20-;. The van der Waals surface area contributed by atoms with Gasteiger partial charge < -0.3 is 15.3 Å². The minimum Gasteiger partial charge on any atom is -0.504 e. The van der Waals surface area contributed by atoms with Crippen LogP contribution >= 0.6 is 24.0 Å². The number of hydrogen-bond donors (Lipinski definition) is 2. The summed E-state index contributed by atoms with van der Waals surface area (Å²) in [5.74, 6) is -0.722. The summed E-state index contributed by atoms with van der Waals surface area (Å²) < 4.78 is 39.5. The molecule has 0 radical (unpaired) electrons. The third-order valence-electron chi connectivity index (χ3n) is 7.49. The van der Waals surface area contributed by atoms with Crippen molar-refractivity contribution in [1.29, 1.82) is 0 Å². The van der Waals surface area contributed by atoms with Crippen LogP contribution in [0.1, 0.15) is 38.5 Å². The third kappa shape index (κ3) is 6.14. The highest BCUT2D eigenvalue weighted by atomic mass is 35.5. The minimum absolute atomic E-state index is 0. The summed E-state index contributed by atoms with van der Waals surface area (Å²) in [5.41, 5.74) is 2.31. The fourth-order valence-electron chi connectivity index (χ4n) is 5.54. The Hall–Kier alpha value is -2.13. The smallest absolute Gasteiger partial charge is 0.179 e. The van der Waals surface area contributed by atoms with E-state index < -0.39 is 21.4 Å². The van der Waals surface area contributed by atoms with Gasteiger partial charge in [0.25, 0.3) is 0 Å². The lowest BCUT2D eigenvalue weighted by Crippen LogP contribution is -2.33. The molecule has 2 aromatic carbocycles. The van der Waals surface area contributed by atoms with E-state index >= 15 is 0 Å². The number of nitrogens with zero attached hydrogens (tertiary/aromatic N) is 2. The van der Waals surface area contributed by atoms with E-state index in [4.69, 9.17) is 11.6 Å². The molecule has 2 heterocycles. The van der Waals surface area contributed by atoms with E-state index in [0.29, 0.717) is 33.6 Å². The Kier molecular flexibility index (Phi) is 8.53. The Bertz CT molecular complexity index is 1370. The van der Waals surface area contributed by atoms with Crippen molar-refractivity contribution in [1.82, 2.24) is 9.88 Å². The molecule has 37 heavy (non-hydrogen) atoms. The lowest BCUT2D eigenvalue weighted by atomic mass is 9.85. The fraction of sp³-hybridized carbons (Fsp3) is 0.444. The second kappa shape index (κ2) is 11.3. The number of sulfone groups is 1. The number of benzene rings is 2. The molecule has 2 N–H and O–H groups in total. The molecule has 0 spiro atoms. The third-order valence-corrected chi connectivity index (χ3v) is 8.89. The second-order valence-electron chi connectivity index (χ2n) is 10.2. The van der Waals surface area contributed by atoms with Gasteiger partial charge in [0.15, 0.2) is 21.4 Å². The molecule has 0 bridgehead atoms. The van der Waals surface area contributed by atoms with E-state index in [2.05, 4.69) is 15.2 Å². The predicted octanol–water partition coefficient (Wildman–Crippen LogP) is 6.29. The van der Waals surface area contributed by atoms with Crippen LogP contribution in [0.3, 0.4) is 0 Å². The Morgan fingerprint density at radius 3 is 2.46 bits per heavy atom. The molecular weight excluding hydrogens is 536 g/mol. The number of hydrogen-bond acceptors (Lipinski definition) is 6. The van der Waals surface area contributed by atoms with Gasteiger partial charge in [-0.2, -0.15) is 0 Å². The molecule has 3 aromatic rings. The van der Waals surface area contributed by atoms with E-state index in [1.165, 1.54) is 50.5 Å². The first-order chi connectivity index (χ1) is 17.2. The van der Waals surface area contributed by atoms with Crippen LogP contribution in [0.4, 0.5) is 10.1 Å². The number of phenolic OH excluding ortho intramolecular Hbond substituents is 1. The van der Waals surface area contributed by atoms with Crippen LogP contribution in [-0.4, -0.2) is 55.3 Å². The van der Waals surface area contributed by atoms with Crippen molar-refractivity contribution in [3.8, 4) is 16.9 Å². The lowest BCUT2D eigenvalue weighted by molar-refractivity contribution is 0.228. The number of anilines is 1. The Labute approximate surface area is 228 Å². The average molecular weight is 569 g/mol. The van der Waals surface area contributed by atoms with Crippen LogP contribution in [0.5, 0.6) is 5.75 Å². The van der Waals surface area contributed by atoms with E-state index in [9.17, 15) is 17.9 Å². The van der Waals surface area contributed by atoms with Crippen molar-refractivity contribution in [2.75, 3.05) is 31.2 Å². The SMILES string of the molecule is CS(=O)(=O)c1cnc2ccc(-c3cc(F)c(O)c(Cl)c3)cc2c1N[C@H]1CC[C@H](CN2CCCC2)CC1.Cl. The zero-order chi connectivity index (χ0) is 25.4. The van der Waals surface area contributed by atoms with Gasteiger partial charge in [-0.15, -0.1) is 12.4 Å². The summed E-state index contributed by atoms with van der Waals surface area (Å²) in [4.78, 5) is 7.11. The number of fused-ring (bicyclic) bond motifs is 1. The molecule has 1 aliphatic carbocycles. The van der Waals surface area contributed by atoms with Crippen molar-refractivity contribution in [2.24, 2.45) is 5.92 Å². The maximum absolute atomic E-state index is 14.2. The lowest BCUT2D eigenvalue weighted by Gasteiger charge is -2.32. The van der Waals surface area contributed by atoms with E-state index in [-0.39, 0.29) is 28.4 Å². The summed E-state index contributed by atoms with van der Waals surface area (Å²) in [6.07, 6.45) is 9.37. The maximum Gasteiger partial charge on any atom is 0.179 e. The Balaban J connectivity index is 0.00000320. The number of aromatic nitrogens is 1. The first-order valence-corrected chi connectivity index (χ1v) is 14.8. The van der Waals surface area contributed by atoms with Gasteiger partial charge in [0, 0.05) is 30.4 Å². The zero-order valence-corrected chi connectivity index (χ0v) is 23.1. The maximum atomic E-state index is 14.2. The van der Waals surface area contributed by atoms with Crippen LogP contribution in [-0.2, 0) is 9.84 Å². The average Bonchev–Trinajstić information content (AvgIpc) is 3.35. The first kappa shape index (κ1) is 27.9. The molecule has 1 aliphatic heterocycles. The number of pyridine rings is 1. The van der Waals surface area contributed by atoms with Crippen LogP contribution in [0.2, 0.25) is 5.02 Å². The largest absolute Gasteiger partial charge is 0.504 e. The molecule has 200 valence electrons. The molecule has 5 rings (SSSR count). The van der Waals surface area contributed by atoms with Gasteiger partial charge in [-0.25, -0.2) is 12.8 Å². The number of nitrogens with one attached hydrogen (secondary N) is 1. The highest BCUT2D eigenvalue weighted by molar-refractivity contribution is 7.90. The molecule has 1 saturated heterocycles. The van der Waals surface area contributed by atoms with Crippen molar-refractivity contribution in [3.63, 3.8) is 0 Å². The normalized spacial score (nSPS) is 20.6. The minimum atomic E-state index is -3.54. The monoisotopic (exact) mass is 567 g/mol. The van der Waals surface area contributed by atoms with Crippen LogP contribution in [0.15, 0.2) is 41.4 Å². The van der Waals surface area contributed by atoms with Crippen molar-refractivity contribution in [3.05, 3.63) is 47.4 Å². The van der Waals surface area contributed by atoms with Crippen molar-refractivity contribution in [2.45, 2.75) is 49.5 Å². The van der Waals surface area contributed by atoms with E-state index in [1.807, 2.05) is 0 Å². The van der Waals surface area contributed by atoms with Crippen LogP contribution in [0.25, 0.3) is 22.0 Å². The van der Waals surface area contributed by atoms with Crippen LogP contribution < -0.4 is 5.32 Å². The van der Waals surface area contributed by atoms with Gasteiger partial charge in [0.2, 0.25) is 0 Å². The quantitative estimate of drug-likeness (QED) is 0.364. The van der Waals surface area contributed by atoms with Gasteiger partial charge in [-0.1, -0.05) is 17.7 Å². The molecule has 1 aromatic heterocycles. The zero-order valence-electron chi connectivity index (χ0n) is 20.7. The molecule has 0 unspecified atom stereocenters. The molecule has 0 amide bonds.